The van der Waals surface area contributed by atoms with Crippen LogP contribution in [0.3, 0.4) is 0 Å². The zero-order valence-corrected chi connectivity index (χ0v) is 10.7. The van der Waals surface area contributed by atoms with E-state index in [1.165, 1.54) is 0 Å². The molecule has 5 nitrogen and oxygen atoms in total. The van der Waals surface area contributed by atoms with Gasteiger partial charge in [0.1, 0.15) is 6.04 Å². The maximum absolute atomic E-state index is 11.8. The number of hydrogen-bond donors (Lipinski definition) is 2. The number of carbonyl (C=O) groups excluding carboxylic acids is 1. The SMILES string of the molecule is CC[C@@H](NC(=O)N(C)C(C)(C)CC)C(=O)O. The molecule has 94 valence electrons. The third-order valence-electron chi connectivity index (χ3n) is 3.08. The van der Waals surface area contributed by atoms with Crippen LogP contribution in [-0.2, 0) is 4.79 Å². The lowest BCUT2D eigenvalue weighted by Gasteiger charge is -2.35. The van der Waals surface area contributed by atoms with Gasteiger partial charge in [-0.05, 0) is 26.7 Å². The minimum absolute atomic E-state index is 0.277. The van der Waals surface area contributed by atoms with Crippen molar-refractivity contribution in [1.82, 2.24) is 10.2 Å². The molecule has 0 saturated carbocycles. The quantitative estimate of drug-likeness (QED) is 0.755. The van der Waals surface area contributed by atoms with Crippen LogP contribution in [0.5, 0.6) is 0 Å². The third kappa shape index (κ3) is 3.72. The molecule has 16 heavy (non-hydrogen) atoms. The van der Waals surface area contributed by atoms with Crippen molar-refractivity contribution in [2.75, 3.05) is 7.05 Å². The molecule has 5 heteroatoms. The number of aliphatic carboxylic acids is 1. The first-order valence-corrected chi connectivity index (χ1v) is 5.53. The lowest BCUT2D eigenvalue weighted by molar-refractivity contribution is -0.139. The summed E-state index contributed by atoms with van der Waals surface area (Å²) in [5.41, 5.74) is -0.277. The second-order valence-corrected chi connectivity index (χ2v) is 4.47. The van der Waals surface area contributed by atoms with Gasteiger partial charge in [-0.1, -0.05) is 13.8 Å². The zero-order valence-electron chi connectivity index (χ0n) is 10.7. The van der Waals surface area contributed by atoms with Crippen molar-refractivity contribution in [1.29, 1.82) is 0 Å². The number of carboxylic acid groups (broad SMARTS) is 1. The summed E-state index contributed by atoms with van der Waals surface area (Å²) in [7, 11) is 1.67. The van der Waals surface area contributed by atoms with Gasteiger partial charge in [0, 0.05) is 12.6 Å². The number of urea groups is 1. The molecule has 0 bridgehead atoms. The Morgan fingerprint density at radius 3 is 2.19 bits per heavy atom. The number of carbonyl (C=O) groups is 2. The number of amides is 2. The molecule has 0 aromatic carbocycles. The van der Waals surface area contributed by atoms with Crippen LogP contribution in [0.25, 0.3) is 0 Å². The van der Waals surface area contributed by atoms with E-state index in [2.05, 4.69) is 5.32 Å². The van der Waals surface area contributed by atoms with Crippen LogP contribution >= 0.6 is 0 Å². The van der Waals surface area contributed by atoms with E-state index in [0.29, 0.717) is 6.42 Å². The Morgan fingerprint density at radius 1 is 1.38 bits per heavy atom. The predicted octanol–water partition coefficient (Wildman–Crippen LogP) is 1.68. The van der Waals surface area contributed by atoms with Gasteiger partial charge in [0.2, 0.25) is 0 Å². The molecule has 0 aliphatic heterocycles. The topological polar surface area (TPSA) is 69.6 Å². The van der Waals surface area contributed by atoms with Gasteiger partial charge in [0.05, 0.1) is 0 Å². The van der Waals surface area contributed by atoms with Gasteiger partial charge in [0.15, 0.2) is 0 Å². The molecule has 2 amide bonds. The number of carboxylic acids is 1. The normalized spacial score (nSPS) is 13.1. The number of hydrogen-bond acceptors (Lipinski definition) is 2. The number of rotatable bonds is 5. The fourth-order valence-electron chi connectivity index (χ4n) is 1.10. The van der Waals surface area contributed by atoms with E-state index >= 15 is 0 Å². The van der Waals surface area contributed by atoms with Crippen molar-refractivity contribution in [2.24, 2.45) is 0 Å². The minimum Gasteiger partial charge on any atom is -0.480 e. The second kappa shape index (κ2) is 5.72. The molecule has 0 spiro atoms. The molecule has 0 aliphatic rings. The molecule has 0 radical (unpaired) electrons. The number of nitrogens with one attached hydrogen (secondary N) is 1. The van der Waals surface area contributed by atoms with Crippen LogP contribution in [0, 0.1) is 0 Å². The van der Waals surface area contributed by atoms with Gasteiger partial charge < -0.3 is 15.3 Å². The van der Waals surface area contributed by atoms with Gasteiger partial charge in [-0.15, -0.1) is 0 Å². The van der Waals surface area contributed by atoms with E-state index in [1.54, 1.807) is 18.9 Å². The van der Waals surface area contributed by atoms with E-state index < -0.39 is 12.0 Å². The smallest absolute Gasteiger partial charge is 0.326 e. The first kappa shape index (κ1) is 14.7. The monoisotopic (exact) mass is 230 g/mol. The summed E-state index contributed by atoms with van der Waals surface area (Å²) >= 11 is 0. The first-order valence-electron chi connectivity index (χ1n) is 5.53. The highest BCUT2D eigenvalue weighted by atomic mass is 16.4. The van der Waals surface area contributed by atoms with Gasteiger partial charge in [0.25, 0.3) is 0 Å². The van der Waals surface area contributed by atoms with Crippen LogP contribution < -0.4 is 5.32 Å². The van der Waals surface area contributed by atoms with Gasteiger partial charge in [-0.3, -0.25) is 0 Å². The van der Waals surface area contributed by atoms with Crippen LogP contribution in [0.2, 0.25) is 0 Å². The van der Waals surface area contributed by atoms with Gasteiger partial charge >= 0.3 is 12.0 Å². The molecule has 0 saturated heterocycles. The van der Waals surface area contributed by atoms with Gasteiger partial charge in [-0.2, -0.15) is 0 Å². The van der Waals surface area contributed by atoms with Crippen LogP contribution in [0.1, 0.15) is 40.5 Å². The fraction of sp³-hybridized carbons (Fsp3) is 0.818. The standard InChI is InChI=1S/C11H22N2O3/c1-6-8(9(14)15)12-10(16)13(5)11(3,4)7-2/h8H,6-7H2,1-5H3,(H,12,16)(H,14,15)/t8-/m1/s1. The molecule has 0 heterocycles. The van der Waals surface area contributed by atoms with Crippen LogP contribution in [-0.4, -0.2) is 40.6 Å². The molecule has 2 N–H and O–H groups in total. The molecule has 0 unspecified atom stereocenters. The summed E-state index contributed by atoms with van der Waals surface area (Å²) in [6.45, 7) is 7.59. The minimum atomic E-state index is -1.00. The summed E-state index contributed by atoms with van der Waals surface area (Å²) in [5, 5.41) is 11.3. The van der Waals surface area contributed by atoms with Crippen molar-refractivity contribution in [2.45, 2.75) is 52.1 Å². The summed E-state index contributed by atoms with van der Waals surface area (Å²) < 4.78 is 0. The Kier molecular flexibility index (Phi) is 5.27. The van der Waals surface area contributed by atoms with Crippen LogP contribution in [0.4, 0.5) is 4.79 Å². The Labute approximate surface area is 96.8 Å². The molecule has 0 aliphatic carbocycles. The predicted molar refractivity (Wildman–Crippen MR) is 62.4 cm³/mol. The molecule has 0 aromatic rings. The van der Waals surface area contributed by atoms with E-state index in [4.69, 9.17) is 5.11 Å². The third-order valence-corrected chi connectivity index (χ3v) is 3.08. The Bertz CT molecular complexity index is 264. The molecule has 1 atom stereocenters. The number of nitrogens with zero attached hydrogens (tertiary/aromatic N) is 1. The van der Waals surface area contributed by atoms with Crippen LogP contribution in [0.15, 0.2) is 0 Å². The average molecular weight is 230 g/mol. The zero-order chi connectivity index (χ0) is 12.9. The fourth-order valence-corrected chi connectivity index (χ4v) is 1.10. The summed E-state index contributed by atoms with van der Waals surface area (Å²) in [6, 6.07) is -1.16. The average Bonchev–Trinajstić information content (AvgIpc) is 2.23. The van der Waals surface area contributed by atoms with Crippen molar-refractivity contribution in [3.63, 3.8) is 0 Å². The molecular weight excluding hydrogens is 208 g/mol. The van der Waals surface area contributed by atoms with E-state index in [0.717, 1.165) is 6.42 Å². The second-order valence-electron chi connectivity index (χ2n) is 4.47. The van der Waals surface area contributed by atoms with E-state index in [1.807, 2.05) is 20.8 Å². The molecule has 0 fully saturated rings. The molecule has 0 aromatic heterocycles. The van der Waals surface area contributed by atoms with E-state index in [-0.39, 0.29) is 11.6 Å². The highest BCUT2D eigenvalue weighted by molar-refractivity contribution is 5.82. The summed E-state index contributed by atoms with van der Waals surface area (Å²) in [6.07, 6.45) is 1.18. The van der Waals surface area contributed by atoms with Crippen molar-refractivity contribution in [3.8, 4) is 0 Å². The highest BCUT2D eigenvalue weighted by Gasteiger charge is 2.28. The summed E-state index contributed by atoms with van der Waals surface area (Å²) in [5.74, 6) is -1.00. The van der Waals surface area contributed by atoms with Crippen molar-refractivity contribution in [3.05, 3.63) is 0 Å². The maximum Gasteiger partial charge on any atom is 0.326 e. The molecule has 0 rings (SSSR count). The van der Waals surface area contributed by atoms with Gasteiger partial charge in [-0.25, -0.2) is 9.59 Å². The first-order chi connectivity index (χ1) is 7.26. The van der Waals surface area contributed by atoms with Crippen molar-refractivity contribution >= 4 is 12.0 Å². The Morgan fingerprint density at radius 2 is 1.88 bits per heavy atom. The maximum atomic E-state index is 11.8. The molecular formula is C11H22N2O3. The highest BCUT2D eigenvalue weighted by Crippen LogP contribution is 2.16. The Hall–Kier alpha value is -1.26. The Balaban J connectivity index is 4.52. The van der Waals surface area contributed by atoms with E-state index in [9.17, 15) is 9.59 Å². The largest absolute Gasteiger partial charge is 0.480 e. The lowest BCUT2D eigenvalue weighted by Crippen LogP contribution is -2.53. The van der Waals surface area contributed by atoms with Crippen molar-refractivity contribution < 1.29 is 14.7 Å². The lowest BCUT2D eigenvalue weighted by atomic mass is 10.0. The summed E-state index contributed by atoms with van der Waals surface area (Å²) in [4.78, 5) is 24.1.